The maximum atomic E-state index is 12.3. The van der Waals surface area contributed by atoms with E-state index >= 15 is 0 Å². The number of hydrogen-bond donors (Lipinski definition) is 3. The van der Waals surface area contributed by atoms with Gasteiger partial charge in [-0.1, -0.05) is 48.5 Å². The van der Waals surface area contributed by atoms with Crippen LogP contribution in [0.3, 0.4) is 0 Å². The Balaban J connectivity index is 1.98. The second-order valence-corrected chi connectivity index (χ2v) is 6.49. The molecular formula is C20H26N3O2+. The molecule has 1 unspecified atom stereocenters. The zero-order chi connectivity index (χ0) is 18.2. The highest BCUT2D eigenvalue weighted by molar-refractivity contribution is 5.96. The van der Waals surface area contributed by atoms with Gasteiger partial charge in [-0.25, -0.2) is 0 Å². The lowest BCUT2D eigenvalue weighted by molar-refractivity contribution is -0.862. The summed E-state index contributed by atoms with van der Waals surface area (Å²) in [5, 5.41) is 5.80. The molecule has 0 saturated carbocycles. The lowest BCUT2D eigenvalue weighted by atomic mass is 10.0. The third kappa shape index (κ3) is 6.04. The fraction of sp³-hybridized carbons (Fsp3) is 0.300. The van der Waals surface area contributed by atoms with Crippen molar-refractivity contribution < 1.29 is 14.5 Å². The number of rotatable bonds is 7. The SMILES string of the molecule is CC(C)NC(=O)C[NH+](C)CC(=O)Nc1ccccc1-c1ccccc1. The van der Waals surface area contributed by atoms with Gasteiger partial charge in [-0.05, 0) is 25.5 Å². The predicted octanol–water partition coefficient (Wildman–Crippen LogP) is 1.33. The molecular weight excluding hydrogens is 314 g/mol. The fourth-order valence-corrected chi connectivity index (χ4v) is 2.64. The number of carbonyl (C=O) groups is 2. The molecule has 3 N–H and O–H groups in total. The van der Waals surface area contributed by atoms with Crippen LogP contribution < -0.4 is 15.5 Å². The van der Waals surface area contributed by atoms with Gasteiger partial charge in [0.2, 0.25) is 0 Å². The predicted molar refractivity (Wildman–Crippen MR) is 100 cm³/mol. The highest BCUT2D eigenvalue weighted by atomic mass is 16.2. The van der Waals surface area contributed by atoms with Crippen molar-refractivity contribution in [3.05, 3.63) is 54.6 Å². The number of likely N-dealkylation sites (N-methyl/N-ethyl adjacent to an activating group) is 1. The Hall–Kier alpha value is -2.66. The molecule has 0 aromatic heterocycles. The van der Waals surface area contributed by atoms with Crippen molar-refractivity contribution in [1.29, 1.82) is 0 Å². The number of benzene rings is 2. The minimum atomic E-state index is -0.113. The lowest BCUT2D eigenvalue weighted by Crippen LogP contribution is -3.11. The molecule has 0 aliphatic rings. The number of amides is 2. The van der Waals surface area contributed by atoms with Gasteiger partial charge in [0.05, 0.1) is 7.05 Å². The molecule has 2 amide bonds. The lowest BCUT2D eigenvalue weighted by Gasteiger charge is -2.16. The van der Waals surface area contributed by atoms with E-state index in [1.54, 1.807) is 0 Å². The number of anilines is 1. The first-order valence-corrected chi connectivity index (χ1v) is 8.50. The summed E-state index contributed by atoms with van der Waals surface area (Å²) >= 11 is 0. The number of carbonyl (C=O) groups excluding carboxylic acids is 2. The van der Waals surface area contributed by atoms with Gasteiger partial charge in [0.15, 0.2) is 13.1 Å². The van der Waals surface area contributed by atoms with E-state index in [2.05, 4.69) is 10.6 Å². The summed E-state index contributed by atoms with van der Waals surface area (Å²) in [6.45, 7) is 4.33. The summed E-state index contributed by atoms with van der Waals surface area (Å²) < 4.78 is 0. The van der Waals surface area contributed by atoms with Gasteiger partial charge in [-0.3, -0.25) is 9.59 Å². The maximum absolute atomic E-state index is 12.3. The molecule has 0 fully saturated rings. The van der Waals surface area contributed by atoms with Gasteiger partial charge >= 0.3 is 0 Å². The normalized spacial score (nSPS) is 11.8. The van der Waals surface area contributed by atoms with Crippen molar-refractivity contribution in [2.45, 2.75) is 19.9 Å². The molecule has 0 spiro atoms. The Morgan fingerprint density at radius 2 is 1.52 bits per heavy atom. The van der Waals surface area contributed by atoms with E-state index in [0.717, 1.165) is 21.7 Å². The molecule has 0 heterocycles. The van der Waals surface area contributed by atoms with E-state index in [1.807, 2.05) is 75.5 Å². The zero-order valence-electron chi connectivity index (χ0n) is 15.0. The summed E-state index contributed by atoms with van der Waals surface area (Å²) in [7, 11) is 1.84. The first-order chi connectivity index (χ1) is 12.0. The molecule has 0 saturated heterocycles. The van der Waals surface area contributed by atoms with E-state index < -0.39 is 0 Å². The monoisotopic (exact) mass is 340 g/mol. The Labute approximate surface area is 149 Å². The molecule has 0 bridgehead atoms. The molecule has 0 aliphatic heterocycles. The van der Waals surface area contributed by atoms with Gasteiger partial charge < -0.3 is 15.5 Å². The highest BCUT2D eigenvalue weighted by Crippen LogP contribution is 2.27. The van der Waals surface area contributed by atoms with E-state index in [9.17, 15) is 9.59 Å². The molecule has 2 aromatic carbocycles. The van der Waals surface area contributed by atoms with Crippen molar-refractivity contribution in [2.24, 2.45) is 0 Å². The van der Waals surface area contributed by atoms with Crippen molar-refractivity contribution >= 4 is 17.5 Å². The smallest absolute Gasteiger partial charge is 0.279 e. The number of quaternary nitrogens is 1. The minimum absolute atomic E-state index is 0.0509. The van der Waals surface area contributed by atoms with E-state index in [1.165, 1.54) is 0 Å². The first-order valence-electron chi connectivity index (χ1n) is 8.50. The van der Waals surface area contributed by atoms with Gasteiger partial charge in [-0.15, -0.1) is 0 Å². The van der Waals surface area contributed by atoms with Crippen LogP contribution in [0.2, 0.25) is 0 Å². The van der Waals surface area contributed by atoms with Gasteiger partial charge in [0.1, 0.15) is 0 Å². The van der Waals surface area contributed by atoms with Crippen LogP contribution >= 0.6 is 0 Å². The van der Waals surface area contributed by atoms with Crippen LogP contribution in [0.5, 0.6) is 0 Å². The van der Waals surface area contributed by atoms with Crippen LogP contribution in [0, 0.1) is 0 Å². The standard InChI is InChI=1S/C20H25N3O2/c1-15(2)21-19(24)13-23(3)14-20(25)22-18-12-8-7-11-17(18)16-9-5-4-6-10-16/h4-12,15H,13-14H2,1-3H3,(H,21,24)(H,22,25)/p+1. The molecule has 0 aliphatic carbocycles. The minimum Gasteiger partial charge on any atom is -0.349 e. The molecule has 25 heavy (non-hydrogen) atoms. The van der Waals surface area contributed by atoms with E-state index in [-0.39, 0.29) is 30.9 Å². The topological polar surface area (TPSA) is 62.6 Å². The average Bonchev–Trinajstić information content (AvgIpc) is 2.55. The second-order valence-electron chi connectivity index (χ2n) is 6.49. The maximum Gasteiger partial charge on any atom is 0.279 e. The summed E-state index contributed by atoms with van der Waals surface area (Å²) in [5.41, 5.74) is 2.81. The average molecular weight is 340 g/mol. The largest absolute Gasteiger partial charge is 0.349 e. The van der Waals surface area contributed by atoms with Crippen molar-refractivity contribution in [2.75, 3.05) is 25.5 Å². The Morgan fingerprint density at radius 3 is 2.20 bits per heavy atom. The molecule has 1 atom stereocenters. The van der Waals surface area contributed by atoms with Crippen molar-refractivity contribution in [3.63, 3.8) is 0 Å². The third-order valence-electron chi connectivity index (χ3n) is 3.66. The van der Waals surface area contributed by atoms with E-state index in [0.29, 0.717) is 0 Å². The van der Waals surface area contributed by atoms with E-state index in [4.69, 9.17) is 0 Å². The summed E-state index contributed by atoms with van der Waals surface area (Å²) in [5.74, 6) is -0.164. The Kier molecular flexibility index (Phi) is 6.71. The highest BCUT2D eigenvalue weighted by Gasteiger charge is 2.16. The van der Waals surface area contributed by atoms with Crippen LogP contribution in [-0.4, -0.2) is 38.0 Å². The summed E-state index contributed by atoms with van der Waals surface area (Å²) in [6, 6.07) is 17.8. The second kappa shape index (κ2) is 8.99. The molecule has 132 valence electrons. The fourth-order valence-electron chi connectivity index (χ4n) is 2.64. The quantitative estimate of drug-likeness (QED) is 0.712. The Morgan fingerprint density at radius 1 is 0.920 bits per heavy atom. The molecule has 5 nitrogen and oxygen atoms in total. The van der Waals surface area contributed by atoms with Crippen LogP contribution in [0.4, 0.5) is 5.69 Å². The summed E-state index contributed by atoms with van der Waals surface area (Å²) in [4.78, 5) is 25.0. The third-order valence-corrected chi connectivity index (χ3v) is 3.66. The van der Waals surface area contributed by atoms with Gasteiger partial charge in [0.25, 0.3) is 11.8 Å². The van der Waals surface area contributed by atoms with Crippen LogP contribution in [0.1, 0.15) is 13.8 Å². The van der Waals surface area contributed by atoms with Crippen molar-refractivity contribution in [3.8, 4) is 11.1 Å². The van der Waals surface area contributed by atoms with Crippen LogP contribution in [0.15, 0.2) is 54.6 Å². The molecule has 2 rings (SSSR count). The van der Waals surface area contributed by atoms with Crippen molar-refractivity contribution in [1.82, 2.24) is 5.32 Å². The summed E-state index contributed by atoms with van der Waals surface area (Å²) in [6.07, 6.45) is 0. The Bertz CT molecular complexity index is 714. The molecule has 5 heteroatoms. The van der Waals surface area contributed by atoms with Gasteiger partial charge in [0, 0.05) is 17.3 Å². The number of hydrogen-bond acceptors (Lipinski definition) is 2. The first kappa shape index (κ1) is 18.7. The van der Waals surface area contributed by atoms with Gasteiger partial charge in [-0.2, -0.15) is 0 Å². The molecule has 2 aromatic rings. The number of para-hydroxylation sites is 1. The molecule has 0 radical (unpaired) electrons. The zero-order valence-corrected chi connectivity index (χ0v) is 15.0. The van der Waals surface area contributed by atoms with Crippen LogP contribution in [0.25, 0.3) is 11.1 Å². The van der Waals surface area contributed by atoms with Crippen LogP contribution in [-0.2, 0) is 9.59 Å². The number of nitrogens with one attached hydrogen (secondary N) is 3.